The van der Waals surface area contributed by atoms with E-state index in [-0.39, 0.29) is 0 Å². The van der Waals surface area contributed by atoms with Crippen LogP contribution in [0.5, 0.6) is 0 Å². The third kappa shape index (κ3) is 6.60. The smallest absolute Gasteiger partial charge is 0.0979 e. The van der Waals surface area contributed by atoms with Crippen LogP contribution in [-0.4, -0.2) is 14.5 Å². The van der Waals surface area contributed by atoms with E-state index in [0.717, 1.165) is 66.7 Å². The van der Waals surface area contributed by atoms with Crippen LogP contribution in [0.25, 0.3) is 121 Å². The number of aromatic nitrogens is 3. The molecule has 0 fully saturated rings. The van der Waals surface area contributed by atoms with E-state index in [0.29, 0.717) is 0 Å². The maximum absolute atomic E-state index is 5.44. The highest BCUT2D eigenvalue weighted by Gasteiger charge is 2.22. The largest absolute Gasteiger partial charge is 0.309 e. The van der Waals surface area contributed by atoms with Gasteiger partial charge in [-0.2, -0.15) is 0 Å². The Labute approximate surface area is 383 Å². The summed E-state index contributed by atoms with van der Waals surface area (Å²) in [6.45, 7) is 6.02. The Morgan fingerprint density at radius 1 is 0.439 bits per heavy atom. The molecule has 310 valence electrons. The number of allylic oxidation sites excluding steroid dienone is 5. The minimum absolute atomic E-state index is 0.851. The molecule has 0 aliphatic rings. The van der Waals surface area contributed by atoms with Gasteiger partial charge in [0.05, 0.1) is 39.1 Å². The van der Waals surface area contributed by atoms with E-state index in [4.69, 9.17) is 9.97 Å². The fourth-order valence-electron chi connectivity index (χ4n) is 9.88. The van der Waals surface area contributed by atoms with E-state index in [2.05, 4.69) is 224 Å². The van der Waals surface area contributed by atoms with Crippen LogP contribution in [0.15, 0.2) is 237 Å². The van der Waals surface area contributed by atoms with E-state index in [1.54, 1.807) is 0 Å². The van der Waals surface area contributed by atoms with Crippen molar-refractivity contribution in [3.05, 3.63) is 243 Å². The summed E-state index contributed by atoms with van der Waals surface area (Å²) in [4.78, 5) is 10.8. The van der Waals surface area contributed by atoms with Crippen LogP contribution >= 0.6 is 0 Å². The molecule has 0 atom stereocenters. The first-order valence-electron chi connectivity index (χ1n) is 22.5. The van der Waals surface area contributed by atoms with E-state index >= 15 is 0 Å². The van der Waals surface area contributed by atoms with Gasteiger partial charge in [-0.05, 0) is 116 Å². The molecule has 0 spiro atoms. The van der Waals surface area contributed by atoms with Gasteiger partial charge in [-0.25, -0.2) is 9.97 Å². The summed E-state index contributed by atoms with van der Waals surface area (Å²) in [5.41, 5.74) is 16.0. The number of benzene rings is 10. The lowest BCUT2D eigenvalue weighted by Gasteiger charge is -2.17. The molecule has 2 aromatic heterocycles. The molecule has 0 aliphatic heterocycles. The molecule has 0 amide bonds. The monoisotopic (exact) mass is 841 g/mol. The van der Waals surface area contributed by atoms with Crippen molar-refractivity contribution < 1.29 is 0 Å². The van der Waals surface area contributed by atoms with Crippen molar-refractivity contribution in [1.82, 2.24) is 14.5 Å². The van der Waals surface area contributed by atoms with Gasteiger partial charge in [-0.1, -0.05) is 189 Å². The summed E-state index contributed by atoms with van der Waals surface area (Å²) in [7, 11) is 0. The topological polar surface area (TPSA) is 30.7 Å². The second-order valence-corrected chi connectivity index (χ2v) is 17.0. The van der Waals surface area contributed by atoms with Gasteiger partial charge >= 0.3 is 0 Å². The molecule has 0 saturated carbocycles. The SMILES string of the molecule is C=C/C=C\C=C(/C)c1ccc2ccc3c(c2c1)c1c2ccccc2ccc1n3-c1ccc(-c2nc3ccccc3nc2-c2cccc(-c3ccc(-c4ccccc4)cc3)c2)c2ccccc12. The van der Waals surface area contributed by atoms with Gasteiger partial charge in [-0.15, -0.1) is 0 Å². The molecule has 0 N–H and O–H groups in total. The number of hydrogen-bond donors (Lipinski definition) is 0. The lowest BCUT2D eigenvalue weighted by molar-refractivity contribution is 1.20. The predicted molar refractivity (Wildman–Crippen MR) is 281 cm³/mol. The normalized spacial score (nSPS) is 12.1. The number of nitrogens with zero attached hydrogens (tertiary/aromatic N) is 3. The molecule has 0 radical (unpaired) electrons. The fourth-order valence-corrected chi connectivity index (χ4v) is 9.88. The zero-order chi connectivity index (χ0) is 44.1. The maximum atomic E-state index is 5.44. The van der Waals surface area contributed by atoms with Crippen molar-refractivity contribution in [2.45, 2.75) is 6.92 Å². The van der Waals surface area contributed by atoms with E-state index in [1.807, 2.05) is 24.3 Å². The van der Waals surface area contributed by atoms with Crippen molar-refractivity contribution in [2.24, 2.45) is 0 Å². The molecule has 12 aromatic rings. The third-order valence-electron chi connectivity index (χ3n) is 13.1. The Hall–Kier alpha value is -8.66. The lowest BCUT2D eigenvalue weighted by Crippen LogP contribution is -1.99. The third-order valence-corrected chi connectivity index (χ3v) is 13.1. The van der Waals surface area contributed by atoms with Crippen LogP contribution in [-0.2, 0) is 0 Å². The van der Waals surface area contributed by atoms with Crippen LogP contribution in [0.3, 0.4) is 0 Å². The first-order valence-corrected chi connectivity index (χ1v) is 22.5. The zero-order valence-electron chi connectivity index (χ0n) is 36.5. The van der Waals surface area contributed by atoms with Crippen molar-refractivity contribution in [1.29, 1.82) is 0 Å². The van der Waals surface area contributed by atoms with Crippen LogP contribution in [0.2, 0.25) is 0 Å². The van der Waals surface area contributed by atoms with Gasteiger partial charge in [0, 0.05) is 27.3 Å². The Kier molecular flexibility index (Phi) is 9.54. The summed E-state index contributed by atoms with van der Waals surface area (Å²) >= 11 is 0. The zero-order valence-corrected chi connectivity index (χ0v) is 36.5. The minimum atomic E-state index is 0.851. The molecule has 0 aliphatic carbocycles. The number of rotatable bonds is 8. The molecule has 2 heterocycles. The Balaban J connectivity index is 1.06. The van der Waals surface area contributed by atoms with Crippen LogP contribution in [0.4, 0.5) is 0 Å². The Morgan fingerprint density at radius 3 is 1.77 bits per heavy atom. The summed E-state index contributed by atoms with van der Waals surface area (Å²) < 4.78 is 2.48. The molecule has 12 rings (SSSR count). The summed E-state index contributed by atoms with van der Waals surface area (Å²) in [6, 6.07) is 74.4. The fraction of sp³-hybridized carbons (Fsp3) is 0.0159. The van der Waals surface area contributed by atoms with Gasteiger partial charge in [-0.3, -0.25) is 0 Å². The highest BCUT2D eigenvalue weighted by Crippen LogP contribution is 2.44. The van der Waals surface area contributed by atoms with Crippen molar-refractivity contribution >= 4 is 70.7 Å². The first-order chi connectivity index (χ1) is 32.6. The number of fused-ring (bicyclic) bond motifs is 9. The van der Waals surface area contributed by atoms with Crippen LogP contribution < -0.4 is 0 Å². The molecule has 3 nitrogen and oxygen atoms in total. The van der Waals surface area contributed by atoms with Crippen molar-refractivity contribution in [3.63, 3.8) is 0 Å². The molecular formula is C63H43N3. The summed E-state index contributed by atoms with van der Waals surface area (Å²) in [5.74, 6) is 0. The van der Waals surface area contributed by atoms with E-state index in [1.165, 1.54) is 60.1 Å². The maximum Gasteiger partial charge on any atom is 0.0979 e. The first kappa shape index (κ1) is 39.0. The Bertz CT molecular complexity index is 3940. The Morgan fingerprint density at radius 2 is 1.02 bits per heavy atom. The van der Waals surface area contributed by atoms with E-state index in [9.17, 15) is 0 Å². The van der Waals surface area contributed by atoms with Crippen molar-refractivity contribution in [2.75, 3.05) is 0 Å². The van der Waals surface area contributed by atoms with Gasteiger partial charge in [0.2, 0.25) is 0 Å². The average molecular weight is 842 g/mol. The lowest BCUT2D eigenvalue weighted by atomic mass is 9.95. The second-order valence-electron chi connectivity index (χ2n) is 17.0. The predicted octanol–water partition coefficient (Wildman–Crippen LogP) is 17.0. The quantitative estimate of drug-likeness (QED) is 0.143. The standard InChI is InChI=1S/C63H43N3/c1-3-4-6-16-41(2)47-32-31-46-34-37-59-61(54(46)40-47)60-50-22-10-9-19-45(50)33-36-58(60)66(59)57-38-35-53(51-23-11-12-24-52(51)57)63-62(64-55-25-13-14-26-56(55)65-63)49-21-15-20-48(39-49)44-29-27-43(28-30-44)42-17-7-5-8-18-42/h3-40H,1H2,2H3/b6-4-,41-16+. The number of hydrogen-bond acceptors (Lipinski definition) is 2. The minimum Gasteiger partial charge on any atom is -0.309 e. The number of para-hydroxylation sites is 2. The van der Waals surface area contributed by atoms with Crippen molar-refractivity contribution in [3.8, 4) is 50.5 Å². The van der Waals surface area contributed by atoms with E-state index < -0.39 is 0 Å². The second kappa shape index (κ2) is 16.2. The molecule has 66 heavy (non-hydrogen) atoms. The van der Waals surface area contributed by atoms with Gasteiger partial charge in [0.15, 0.2) is 0 Å². The molecule has 0 bridgehead atoms. The van der Waals surface area contributed by atoms with Gasteiger partial charge < -0.3 is 4.57 Å². The highest BCUT2D eigenvalue weighted by atomic mass is 15.0. The molecule has 10 aromatic carbocycles. The van der Waals surface area contributed by atoms with Crippen LogP contribution in [0, 0.1) is 0 Å². The van der Waals surface area contributed by atoms with Gasteiger partial charge in [0.1, 0.15) is 0 Å². The van der Waals surface area contributed by atoms with Crippen LogP contribution in [0.1, 0.15) is 12.5 Å². The molecule has 0 unspecified atom stereocenters. The molecular weight excluding hydrogens is 799 g/mol. The summed E-state index contributed by atoms with van der Waals surface area (Å²) in [5, 5.41) is 9.66. The highest BCUT2D eigenvalue weighted by molar-refractivity contribution is 6.29. The molecule has 0 saturated heterocycles. The summed E-state index contributed by atoms with van der Waals surface area (Å²) in [6.07, 6.45) is 7.99. The molecule has 3 heteroatoms. The van der Waals surface area contributed by atoms with Gasteiger partial charge in [0.25, 0.3) is 0 Å². The average Bonchev–Trinajstić information content (AvgIpc) is 3.73.